The van der Waals surface area contributed by atoms with Crippen LogP contribution >= 0.6 is 11.6 Å². The van der Waals surface area contributed by atoms with Crippen LogP contribution in [-0.4, -0.2) is 42.1 Å². The zero-order valence-electron chi connectivity index (χ0n) is 10.7. The van der Waals surface area contributed by atoms with Crippen LogP contribution in [0.5, 0.6) is 0 Å². The summed E-state index contributed by atoms with van der Waals surface area (Å²) in [6, 6.07) is 6.88. The lowest BCUT2D eigenvalue weighted by Crippen LogP contribution is -2.35. The normalized spacial score (nSPS) is 24.9. The molecule has 3 nitrogen and oxygen atoms in total. The molecule has 0 aromatic carbocycles. The van der Waals surface area contributed by atoms with E-state index in [0.717, 1.165) is 30.6 Å². The second-order valence-corrected chi connectivity index (χ2v) is 5.52. The molecule has 0 bridgehead atoms. The summed E-state index contributed by atoms with van der Waals surface area (Å²) in [6.45, 7) is 4.82. The average Bonchev–Trinajstić information content (AvgIpc) is 3.09. The summed E-state index contributed by atoms with van der Waals surface area (Å²) in [7, 11) is 0. The summed E-state index contributed by atoms with van der Waals surface area (Å²) in [6.07, 6.45) is 4.01. The molecule has 1 aromatic heterocycles. The van der Waals surface area contributed by atoms with E-state index in [1.807, 2.05) is 6.07 Å². The van der Waals surface area contributed by atoms with Gasteiger partial charge in [0.1, 0.15) is 5.82 Å². The van der Waals surface area contributed by atoms with Gasteiger partial charge in [0.05, 0.1) is 11.6 Å². The predicted octanol–water partition coefficient (Wildman–Crippen LogP) is 2.49. The van der Waals surface area contributed by atoms with Crippen LogP contribution in [-0.2, 0) is 5.88 Å². The molecule has 0 saturated carbocycles. The first kappa shape index (κ1) is 12.2. The van der Waals surface area contributed by atoms with Gasteiger partial charge in [-0.1, -0.05) is 6.07 Å². The lowest BCUT2D eigenvalue weighted by Gasteiger charge is -2.24. The van der Waals surface area contributed by atoms with Gasteiger partial charge >= 0.3 is 0 Å². The van der Waals surface area contributed by atoms with Crippen molar-refractivity contribution >= 4 is 17.4 Å². The molecule has 2 saturated heterocycles. The number of hydrogen-bond acceptors (Lipinski definition) is 3. The summed E-state index contributed by atoms with van der Waals surface area (Å²) in [5.41, 5.74) is 0.971. The van der Waals surface area contributed by atoms with Crippen molar-refractivity contribution in [3.8, 4) is 0 Å². The Morgan fingerprint density at radius 2 is 2.06 bits per heavy atom. The molecule has 1 atom stereocenters. The van der Waals surface area contributed by atoms with Crippen molar-refractivity contribution in [1.29, 1.82) is 0 Å². The Balaban J connectivity index is 1.67. The smallest absolute Gasteiger partial charge is 0.128 e. The summed E-state index contributed by atoms with van der Waals surface area (Å²) < 4.78 is 0. The zero-order chi connectivity index (χ0) is 12.4. The Bertz CT molecular complexity index is 404. The molecular weight excluding hydrogens is 246 g/mol. The Hall–Kier alpha value is -0.800. The Morgan fingerprint density at radius 3 is 2.83 bits per heavy atom. The van der Waals surface area contributed by atoms with E-state index in [1.165, 1.54) is 32.4 Å². The van der Waals surface area contributed by atoms with E-state index < -0.39 is 0 Å². The highest BCUT2D eigenvalue weighted by Gasteiger charge is 2.29. The zero-order valence-corrected chi connectivity index (χ0v) is 11.4. The maximum atomic E-state index is 5.85. The predicted molar refractivity (Wildman–Crippen MR) is 75.2 cm³/mol. The number of pyridine rings is 1. The van der Waals surface area contributed by atoms with Gasteiger partial charge in [-0.25, -0.2) is 4.98 Å². The van der Waals surface area contributed by atoms with Crippen molar-refractivity contribution in [2.24, 2.45) is 0 Å². The molecule has 0 N–H and O–H groups in total. The van der Waals surface area contributed by atoms with Gasteiger partial charge in [-0.2, -0.15) is 0 Å². The topological polar surface area (TPSA) is 19.4 Å². The highest BCUT2D eigenvalue weighted by Crippen LogP contribution is 2.24. The summed E-state index contributed by atoms with van der Waals surface area (Å²) in [5.74, 6) is 1.59. The van der Waals surface area contributed by atoms with Crippen LogP contribution in [0.25, 0.3) is 0 Å². The second-order valence-electron chi connectivity index (χ2n) is 5.25. The number of aromatic nitrogens is 1. The summed E-state index contributed by atoms with van der Waals surface area (Å²) >= 11 is 5.85. The molecule has 2 fully saturated rings. The standard InChI is InChI=1S/C14H20ClN3/c15-10-12-4-3-5-14(16-12)18-9-6-13(11-18)17-7-1-2-8-17/h3-5,13H,1-2,6-11H2. The summed E-state index contributed by atoms with van der Waals surface area (Å²) in [4.78, 5) is 9.66. The van der Waals surface area contributed by atoms with Crippen molar-refractivity contribution < 1.29 is 0 Å². The highest BCUT2D eigenvalue weighted by atomic mass is 35.5. The fourth-order valence-electron chi connectivity index (χ4n) is 3.07. The minimum Gasteiger partial charge on any atom is -0.355 e. The first-order chi connectivity index (χ1) is 8.86. The van der Waals surface area contributed by atoms with Gasteiger partial charge < -0.3 is 4.90 Å². The summed E-state index contributed by atoms with van der Waals surface area (Å²) in [5, 5.41) is 0. The van der Waals surface area contributed by atoms with Crippen molar-refractivity contribution in [2.45, 2.75) is 31.2 Å². The van der Waals surface area contributed by atoms with Gasteiger partial charge in [-0.3, -0.25) is 4.90 Å². The van der Waals surface area contributed by atoms with E-state index in [4.69, 9.17) is 11.6 Å². The Labute approximate surface area is 114 Å². The fourth-order valence-corrected chi connectivity index (χ4v) is 3.22. The minimum atomic E-state index is 0.497. The van der Waals surface area contributed by atoms with Crippen molar-refractivity contribution in [1.82, 2.24) is 9.88 Å². The first-order valence-electron chi connectivity index (χ1n) is 6.88. The molecule has 3 heterocycles. The SMILES string of the molecule is ClCc1cccc(N2CCC(N3CCCC3)C2)n1. The number of halogens is 1. The molecule has 0 radical (unpaired) electrons. The number of likely N-dealkylation sites (tertiary alicyclic amines) is 1. The number of rotatable bonds is 3. The van der Waals surface area contributed by atoms with Crippen molar-refractivity contribution in [3.63, 3.8) is 0 Å². The van der Waals surface area contributed by atoms with Crippen LogP contribution in [0, 0.1) is 0 Å². The van der Waals surface area contributed by atoms with E-state index >= 15 is 0 Å². The number of hydrogen-bond donors (Lipinski definition) is 0. The van der Waals surface area contributed by atoms with E-state index in [0.29, 0.717) is 5.88 Å². The molecule has 18 heavy (non-hydrogen) atoms. The Morgan fingerprint density at radius 1 is 1.22 bits per heavy atom. The molecule has 2 aliphatic heterocycles. The minimum absolute atomic E-state index is 0.497. The van der Waals surface area contributed by atoms with Crippen LogP contribution in [0.2, 0.25) is 0 Å². The van der Waals surface area contributed by atoms with E-state index in [2.05, 4.69) is 26.9 Å². The molecule has 0 amide bonds. The van der Waals surface area contributed by atoms with Gasteiger partial charge in [-0.05, 0) is 44.5 Å². The van der Waals surface area contributed by atoms with Gasteiger partial charge in [0.2, 0.25) is 0 Å². The molecule has 3 rings (SSSR count). The largest absolute Gasteiger partial charge is 0.355 e. The number of nitrogens with zero attached hydrogens (tertiary/aromatic N) is 3. The third-order valence-electron chi connectivity index (χ3n) is 4.07. The van der Waals surface area contributed by atoms with E-state index in [-0.39, 0.29) is 0 Å². The molecule has 4 heteroatoms. The van der Waals surface area contributed by atoms with E-state index in [9.17, 15) is 0 Å². The lowest BCUT2D eigenvalue weighted by atomic mass is 10.2. The fraction of sp³-hybridized carbons (Fsp3) is 0.643. The van der Waals surface area contributed by atoms with Gasteiger partial charge in [0, 0.05) is 19.1 Å². The molecule has 98 valence electrons. The molecule has 1 aromatic rings. The molecule has 0 aliphatic carbocycles. The quantitative estimate of drug-likeness (QED) is 0.783. The van der Waals surface area contributed by atoms with Crippen molar-refractivity contribution in [2.75, 3.05) is 31.1 Å². The van der Waals surface area contributed by atoms with Gasteiger partial charge in [0.25, 0.3) is 0 Å². The highest BCUT2D eigenvalue weighted by molar-refractivity contribution is 6.16. The Kier molecular flexibility index (Phi) is 3.71. The molecule has 0 spiro atoms. The first-order valence-corrected chi connectivity index (χ1v) is 7.41. The van der Waals surface area contributed by atoms with Crippen LogP contribution < -0.4 is 4.90 Å². The second kappa shape index (κ2) is 5.45. The molecule has 2 aliphatic rings. The van der Waals surface area contributed by atoms with Crippen LogP contribution in [0.3, 0.4) is 0 Å². The maximum Gasteiger partial charge on any atom is 0.128 e. The molecular formula is C14H20ClN3. The number of alkyl halides is 1. The molecule has 1 unspecified atom stereocenters. The lowest BCUT2D eigenvalue weighted by molar-refractivity contribution is 0.260. The van der Waals surface area contributed by atoms with Crippen LogP contribution in [0.15, 0.2) is 18.2 Å². The number of anilines is 1. The van der Waals surface area contributed by atoms with E-state index in [1.54, 1.807) is 0 Å². The maximum absolute atomic E-state index is 5.85. The monoisotopic (exact) mass is 265 g/mol. The average molecular weight is 266 g/mol. The van der Waals surface area contributed by atoms with Crippen molar-refractivity contribution in [3.05, 3.63) is 23.9 Å². The third-order valence-corrected chi connectivity index (χ3v) is 4.35. The van der Waals surface area contributed by atoms with Gasteiger partial charge in [0.15, 0.2) is 0 Å². The van der Waals surface area contributed by atoms with Gasteiger partial charge in [-0.15, -0.1) is 11.6 Å². The third kappa shape index (κ3) is 2.47. The van der Waals surface area contributed by atoms with Crippen LogP contribution in [0.1, 0.15) is 25.0 Å². The van der Waals surface area contributed by atoms with Crippen LogP contribution in [0.4, 0.5) is 5.82 Å².